The molecule has 0 saturated heterocycles. The molecule has 34 heavy (non-hydrogen) atoms. The molecule has 0 heterocycles. The molecule has 188 valence electrons. The van der Waals surface area contributed by atoms with Gasteiger partial charge in [-0.25, -0.2) is 25.3 Å². The average Bonchev–Trinajstić information content (AvgIpc) is 2.81. The van der Waals surface area contributed by atoms with E-state index in [1.807, 2.05) is 19.9 Å². The first kappa shape index (κ1) is 27.8. The number of allylic oxidation sites excluding steroid dienone is 2. The number of ether oxygens (including phenoxy) is 2. The number of hydrogen-bond donors (Lipinski definition) is 0. The van der Waals surface area contributed by atoms with Gasteiger partial charge < -0.3 is 9.47 Å². The second kappa shape index (κ2) is 11.3. The Balaban J connectivity index is 2.57. The molecule has 2 aromatic rings. The molecule has 0 spiro atoms. The lowest BCUT2D eigenvalue weighted by atomic mass is 10.1. The zero-order valence-electron chi connectivity index (χ0n) is 19.5. The predicted molar refractivity (Wildman–Crippen MR) is 129 cm³/mol. The lowest BCUT2D eigenvalue weighted by Gasteiger charge is -2.22. The van der Waals surface area contributed by atoms with Crippen molar-refractivity contribution in [2.24, 2.45) is 0 Å². The molecule has 9 nitrogen and oxygen atoms in total. The Kier molecular flexibility index (Phi) is 9.29. The van der Waals surface area contributed by atoms with E-state index < -0.39 is 45.6 Å². The first-order valence-corrected chi connectivity index (χ1v) is 14.8. The minimum atomic E-state index is -5.00. The molecule has 0 bridgehead atoms. The van der Waals surface area contributed by atoms with Crippen molar-refractivity contribution in [2.75, 3.05) is 20.0 Å². The fourth-order valence-corrected chi connectivity index (χ4v) is 9.93. The van der Waals surface area contributed by atoms with Gasteiger partial charge in [-0.05, 0) is 81.6 Å². The van der Waals surface area contributed by atoms with Gasteiger partial charge in [0.25, 0.3) is 20.0 Å². The Hall–Kier alpha value is -2.41. The third-order valence-electron chi connectivity index (χ3n) is 5.05. The molecule has 0 aliphatic heterocycles. The van der Waals surface area contributed by atoms with Crippen LogP contribution in [0.5, 0.6) is 11.5 Å². The van der Waals surface area contributed by atoms with Gasteiger partial charge in [-0.3, -0.25) is 0 Å². The molecule has 0 aliphatic rings. The van der Waals surface area contributed by atoms with Crippen LogP contribution >= 0.6 is 0 Å². The van der Waals surface area contributed by atoms with Gasteiger partial charge in [-0.1, -0.05) is 11.6 Å². The van der Waals surface area contributed by atoms with Gasteiger partial charge >= 0.3 is 0 Å². The summed E-state index contributed by atoms with van der Waals surface area (Å²) in [5, 5.41) is 0. The maximum Gasteiger partial charge on any atom is 0.270 e. The first-order valence-electron chi connectivity index (χ1n) is 10.3. The molecule has 0 unspecified atom stereocenters. The maximum absolute atomic E-state index is 13.4. The van der Waals surface area contributed by atoms with Crippen LogP contribution in [0.25, 0.3) is 0 Å². The van der Waals surface area contributed by atoms with Gasteiger partial charge in [0.15, 0.2) is 0 Å². The zero-order valence-corrected chi connectivity index (χ0v) is 21.9. The lowest BCUT2D eigenvalue weighted by Crippen LogP contribution is -2.42. The summed E-state index contributed by atoms with van der Waals surface area (Å²) in [5.74, 6) is -0.00850. The third kappa shape index (κ3) is 6.38. The summed E-state index contributed by atoms with van der Waals surface area (Å²) in [6.07, 6.45) is 3.04. The molecular formula is C22H29NO8S3. The molecule has 12 heteroatoms. The molecule has 2 rings (SSSR count). The summed E-state index contributed by atoms with van der Waals surface area (Å²) in [5.41, 5.74) is 1.05. The van der Waals surface area contributed by atoms with Crippen LogP contribution in [-0.2, 0) is 30.1 Å². The van der Waals surface area contributed by atoms with Gasteiger partial charge in [0.1, 0.15) is 11.5 Å². The molecule has 0 saturated carbocycles. The van der Waals surface area contributed by atoms with Crippen LogP contribution in [0.1, 0.15) is 33.1 Å². The fraction of sp³-hybridized carbons (Fsp3) is 0.364. The van der Waals surface area contributed by atoms with Crippen molar-refractivity contribution in [1.82, 2.24) is 3.12 Å². The molecule has 0 aliphatic carbocycles. The quantitative estimate of drug-likeness (QED) is 0.301. The van der Waals surface area contributed by atoms with E-state index in [0.717, 1.165) is 29.8 Å². The topological polar surface area (TPSA) is 124 Å². The zero-order chi connectivity index (χ0) is 25.6. The number of hydrogen-bond acceptors (Lipinski definition) is 8. The Morgan fingerprint density at radius 1 is 0.765 bits per heavy atom. The Bertz CT molecular complexity index is 1240. The molecule has 0 radical (unpaired) electrons. The number of rotatable bonds is 12. The van der Waals surface area contributed by atoms with Crippen LogP contribution in [0.3, 0.4) is 0 Å². The molecule has 0 atom stereocenters. The highest BCUT2D eigenvalue weighted by atomic mass is 32.3. The second-order valence-corrected chi connectivity index (χ2v) is 13.6. The van der Waals surface area contributed by atoms with Crippen LogP contribution in [0.15, 0.2) is 70.0 Å². The van der Waals surface area contributed by atoms with E-state index in [1.165, 1.54) is 38.5 Å². The maximum atomic E-state index is 13.4. The molecule has 0 aromatic heterocycles. The van der Waals surface area contributed by atoms with Crippen molar-refractivity contribution in [1.29, 1.82) is 0 Å². The standard InChI is InChI=1S/C22H29NO8S3/c1-5-18(2)8-6-7-17-32(24,25)23(33(26,27)21-13-9-19(30-3)10-14-21)34(28,29)22-15-11-20(31-4)12-16-22/h5,9-16H,6-8,17H2,1-4H3. The smallest absolute Gasteiger partial charge is 0.270 e. The van der Waals surface area contributed by atoms with Crippen molar-refractivity contribution < 1.29 is 34.7 Å². The monoisotopic (exact) mass is 531 g/mol. The normalized spacial score (nSPS) is 13.1. The minimum absolute atomic E-state index is 0.0836. The summed E-state index contributed by atoms with van der Waals surface area (Å²) in [7, 11) is -12.0. The van der Waals surface area contributed by atoms with Crippen molar-refractivity contribution in [3.8, 4) is 11.5 Å². The number of sulfonamides is 3. The SMILES string of the molecule is CC=C(C)CCCCS(=O)(=O)N(S(=O)(=O)c1ccc(OC)cc1)S(=O)(=O)c1ccc(OC)cc1. The van der Waals surface area contributed by atoms with E-state index in [9.17, 15) is 25.3 Å². The second-order valence-electron chi connectivity index (χ2n) is 7.40. The van der Waals surface area contributed by atoms with E-state index in [2.05, 4.69) is 0 Å². The Morgan fingerprint density at radius 2 is 1.18 bits per heavy atom. The molecular weight excluding hydrogens is 502 g/mol. The van der Waals surface area contributed by atoms with Crippen LogP contribution in [0.2, 0.25) is 0 Å². The summed E-state index contributed by atoms with van der Waals surface area (Å²) in [6, 6.07) is 9.58. The number of unbranched alkanes of at least 4 members (excludes halogenated alkanes) is 1. The average molecular weight is 532 g/mol. The summed E-state index contributed by atoms with van der Waals surface area (Å²) in [4.78, 5) is -1.00. The third-order valence-corrected chi connectivity index (χ3v) is 12.5. The number of benzene rings is 2. The van der Waals surface area contributed by atoms with Crippen molar-refractivity contribution in [3.63, 3.8) is 0 Å². The number of nitrogens with zero attached hydrogens (tertiary/aromatic N) is 1. The molecule has 0 fully saturated rings. The van der Waals surface area contributed by atoms with Crippen LogP contribution in [-0.4, -0.2) is 48.3 Å². The highest BCUT2D eigenvalue weighted by molar-refractivity contribution is 8.17. The largest absolute Gasteiger partial charge is 0.497 e. The van der Waals surface area contributed by atoms with Gasteiger partial charge in [-0.2, -0.15) is 0 Å². The Morgan fingerprint density at radius 3 is 1.53 bits per heavy atom. The molecule has 0 N–H and O–H groups in total. The van der Waals surface area contributed by atoms with Gasteiger partial charge in [0.05, 0.1) is 29.8 Å². The van der Waals surface area contributed by atoms with Crippen LogP contribution in [0.4, 0.5) is 0 Å². The predicted octanol–water partition coefficient (Wildman–Crippen LogP) is 3.55. The summed E-state index contributed by atoms with van der Waals surface area (Å²) >= 11 is 0. The van der Waals surface area contributed by atoms with Crippen molar-refractivity contribution in [3.05, 3.63) is 60.2 Å². The van der Waals surface area contributed by atoms with Gasteiger partial charge in [0, 0.05) is 3.12 Å². The van der Waals surface area contributed by atoms with E-state index in [0.29, 0.717) is 24.3 Å². The van der Waals surface area contributed by atoms with E-state index in [-0.39, 0.29) is 9.54 Å². The number of methoxy groups -OCH3 is 2. The molecule has 0 amide bonds. The van der Waals surface area contributed by atoms with Crippen LogP contribution < -0.4 is 9.47 Å². The van der Waals surface area contributed by atoms with E-state index in [4.69, 9.17) is 9.47 Å². The lowest BCUT2D eigenvalue weighted by molar-refractivity contribution is 0.414. The first-order chi connectivity index (χ1) is 15.9. The fourth-order valence-electron chi connectivity index (χ4n) is 3.00. The van der Waals surface area contributed by atoms with E-state index in [1.54, 1.807) is 0 Å². The Labute approximate surface area is 202 Å². The van der Waals surface area contributed by atoms with Crippen LogP contribution in [0, 0.1) is 0 Å². The van der Waals surface area contributed by atoms with Gasteiger partial charge in [0.2, 0.25) is 10.0 Å². The van der Waals surface area contributed by atoms with Gasteiger partial charge in [-0.15, -0.1) is 0 Å². The summed E-state index contributed by atoms with van der Waals surface area (Å²) in [6.45, 7) is 3.75. The van der Waals surface area contributed by atoms with Crippen molar-refractivity contribution in [2.45, 2.75) is 42.9 Å². The van der Waals surface area contributed by atoms with Crippen molar-refractivity contribution >= 4 is 30.1 Å². The summed E-state index contributed by atoms with van der Waals surface area (Å²) < 4.78 is 89.7. The highest BCUT2D eigenvalue weighted by Gasteiger charge is 2.45. The molecule has 2 aromatic carbocycles. The van der Waals surface area contributed by atoms with E-state index >= 15 is 0 Å². The highest BCUT2D eigenvalue weighted by Crippen LogP contribution is 2.30. The minimum Gasteiger partial charge on any atom is -0.497 e.